The lowest BCUT2D eigenvalue weighted by atomic mass is 9.97. The Labute approximate surface area is 109 Å². The number of rotatable bonds is 3. The van der Waals surface area contributed by atoms with Gasteiger partial charge in [-0.15, -0.1) is 0 Å². The van der Waals surface area contributed by atoms with Gasteiger partial charge in [0.25, 0.3) is 0 Å². The third-order valence-electron chi connectivity index (χ3n) is 2.69. The summed E-state index contributed by atoms with van der Waals surface area (Å²) in [5.41, 5.74) is 12.3. The first-order chi connectivity index (χ1) is 8.99. The van der Waals surface area contributed by atoms with Gasteiger partial charge in [0.2, 0.25) is 0 Å². The number of hydrogen-bond acceptors (Lipinski definition) is 4. The lowest BCUT2D eigenvalue weighted by Gasteiger charge is -2.06. The van der Waals surface area contributed by atoms with E-state index in [1.807, 2.05) is 0 Å². The van der Waals surface area contributed by atoms with Crippen LogP contribution >= 0.6 is 0 Å². The van der Waals surface area contributed by atoms with Crippen molar-refractivity contribution in [2.75, 3.05) is 11.5 Å². The van der Waals surface area contributed by atoms with Crippen LogP contribution in [0.4, 0.5) is 11.4 Å². The number of nitrogen functional groups attached to an aromatic ring is 2. The van der Waals surface area contributed by atoms with Crippen molar-refractivity contribution in [2.24, 2.45) is 0 Å². The number of benzene rings is 2. The highest BCUT2D eigenvalue weighted by atomic mass is 16.4. The SMILES string of the molecule is Nc1ccc(C(=O)c2ccc(N)cc2C(=O)O)cc1. The molecule has 0 aliphatic heterocycles. The highest BCUT2D eigenvalue weighted by molar-refractivity contribution is 6.14. The molecule has 0 radical (unpaired) electrons. The number of anilines is 2. The van der Waals surface area contributed by atoms with Crippen molar-refractivity contribution in [1.29, 1.82) is 0 Å². The summed E-state index contributed by atoms with van der Waals surface area (Å²) < 4.78 is 0. The minimum atomic E-state index is -1.19. The molecule has 0 saturated heterocycles. The highest BCUT2D eigenvalue weighted by Crippen LogP contribution is 2.18. The van der Waals surface area contributed by atoms with E-state index in [9.17, 15) is 9.59 Å². The van der Waals surface area contributed by atoms with Crippen molar-refractivity contribution in [3.8, 4) is 0 Å². The Bertz CT molecular complexity index is 648. The van der Waals surface area contributed by atoms with E-state index in [2.05, 4.69) is 0 Å². The fraction of sp³-hybridized carbons (Fsp3) is 0. The molecule has 5 nitrogen and oxygen atoms in total. The van der Waals surface area contributed by atoms with Crippen LogP contribution in [-0.4, -0.2) is 16.9 Å². The second-order valence-electron chi connectivity index (χ2n) is 4.06. The van der Waals surface area contributed by atoms with Crippen molar-refractivity contribution in [3.05, 3.63) is 59.2 Å². The summed E-state index contributed by atoms with van der Waals surface area (Å²) in [4.78, 5) is 23.4. The fourth-order valence-electron chi connectivity index (χ4n) is 1.73. The van der Waals surface area contributed by atoms with Crippen LogP contribution in [0.25, 0.3) is 0 Å². The first-order valence-electron chi connectivity index (χ1n) is 5.52. The summed E-state index contributed by atoms with van der Waals surface area (Å²) in [7, 11) is 0. The van der Waals surface area contributed by atoms with Gasteiger partial charge in [-0.25, -0.2) is 4.79 Å². The molecule has 0 saturated carbocycles. The summed E-state index contributed by atoms with van der Waals surface area (Å²) >= 11 is 0. The van der Waals surface area contributed by atoms with Crippen LogP contribution in [0.15, 0.2) is 42.5 Å². The Morgan fingerprint density at radius 3 is 2.00 bits per heavy atom. The predicted molar refractivity (Wildman–Crippen MR) is 72.1 cm³/mol. The average Bonchev–Trinajstić information content (AvgIpc) is 2.38. The molecule has 2 aromatic carbocycles. The van der Waals surface area contributed by atoms with E-state index in [-0.39, 0.29) is 16.9 Å². The molecule has 0 atom stereocenters. The Morgan fingerprint density at radius 2 is 1.42 bits per heavy atom. The molecule has 0 spiro atoms. The molecule has 0 aliphatic carbocycles. The van der Waals surface area contributed by atoms with Crippen LogP contribution < -0.4 is 11.5 Å². The largest absolute Gasteiger partial charge is 0.478 e. The van der Waals surface area contributed by atoms with E-state index in [1.165, 1.54) is 18.2 Å². The van der Waals surface area contributed by atoms with Crippen LogP contribution in [0.5, 0.6) is 0 Å². The molecule has 19 heavy (non-hydrogen) atoms. The minimum Gasteiger partial charge on any atom is -0.478 e. The molecule has 0 heterocycles. The highest BCUT2D eigenvalue weighted by Gasteiger charge is 2.18. The third-order valence-corrected chi connectivity index (χ3v) is 2.69. The van der Waals surface area contributed by atoms with Gasteiger partial charge < -0.3 is 16.6 Å². The van der Waals surface area contributed by atoms with Gasteiger partial charge in [0.1, 0.15) is 0 Å². The lowest BCUT2D eigenvalue weighted by Crippen LogP contribution is -2.10. The minimum absolute atomic E-state index is 0.103. The van der Waals surface area contributed by atoms with Crippen LogP contribution in [0.2, 0.25) is 0 Å². The number of aromatic carboxylic acids is 1. The summed E-state index contributed by atoms with van der Waals surface area (Å²) in [6.45, 7) is 0. The van der Waals surface area contributed by atoms with Gasteiger partial charge in [0.05, 0.1) is 5.56 Å². The molecule has 0 fully saturated rings. The Morgan fingerprint density at radius 1 is 0.842 bits per heavy atom. The van der Waals surface area contributed by atoms with Gasteiger partial charge in [-0.05, 0) is 42.5 Å². The van der Waals surface area contributed by atoms with E-state index in [0.717, 1.165) is 0 Å². The van der Waals surface area contributed by atoms with Gasteiger partial charge in [-0.2, -0.15) is 0 Å². The Kier molecular flexibility index (Phi) is 3.20. The van der Waals surface area contributed by atoms with E-state index < -0.39 is 5.97 Å². The van der Waals surface area contributed by atoms with Crippen molar-refractivity contribution in [3.63, 3.8) is 0 Å². The first-order valence-corrected chi connectivity index (χ1v) is 5.52. The smallest absolute Gasteiger partial charge is 0.336 e. The number of carbonyl (C=O) groups is 2. The maximum Gasteiger partial charge on any atom is 0.336 e. The quantitative estimate of drug-likeness (QED) is 0.573. The zero-order chi connectivity index (χ0) is 14.0. The van der Waals surface area contributed by atoms with Gasteiger partial charge >= 0.3 is 5.97 Å². The third kappa shape index (κ3) is 2.55. The fourth-order valence-corrected chi connectivity index (χ4v) is 1.73. The molecular formula is C14H12N2O3. The maximum absolute atomic E-state index is 12.2. The molecule has 5 heteroatoms. The van der Waals surface area contributed by atoms with Gasteiger partial charge in [0, 0.05) is 22.5 Å². The average molecular weight is 256 g/mol. The second-order valence-corrected chi connectivity index (χ2v) is 4.06. The summed E-state index contributed by atoms with van der Waals surface area (Å²) in [6.07, 6.45) is 0. The van der Waals surface area contributed by atoms with Crippen LogP contribution in [-0.2, 0) is 0 Å². The molecule has 0 aromatic heterocycles. The number of carbonyl (C=O) groups excluding carboxylic acids is 1. The van der Waals surface area contributed by atoms with Gasteiger partial charge in [-0.3, -0.25) is 4.79 Å². The summed E-state index contributed by atoms with van der Waals surface area (Å²) in [5, 5.41) is 9.10. The summed E-state index contributed by atoms with van der Waals surface area (Å²) in [5.74, 6) is -1.57. The van der Waals surface area contributed by atoms with Crippen LogP contribution in [0, 0.1) is 0 Å². The molecule has 2 rings (SSSR count). The van der Waals surface area contributed by atoms with Crippen molar-refractivity contribution in [1.82, 2.24) is 0 Å². The van der Waals surface area contributed by atoms with Gasteiger partial charge in [-0.1, -0.05) is 0 Å². The monoisotopic (exact) mass is 256 g/mol. The maximum atomic E-state index is 12.2. The normalized spacial score (nSPS) is 10.1. The van der Waals surface area contributed by atoms with E-state index in [4.69, 9.17) is 16.6 Å². The lowest BCUT2D eigenvalue weighted by molar-refractivity contribution is 0.0693. The van der Waals surface area contributed by atoms with Gasteiger partial charge in [0.15, 0.2) is 5.78 Å². The van der Waals surface area contributed by atoms with E-state index in [0.29, 0.717) is 16.9 Å². The predicted octanol–water partition coefficient (Wildman–Crippen LogP) is 1.78. The zero-order valence-corrected chi connectivity index (χ0v) is 9.96. The number of ketones is 1. The standard InChI is InChI=1S/C14H12N2O3/c15-9-3-1-8(2-4-9)13(17)11-6-5-10(16)7-12(11)14(18)19/h1-7H,15-16H2,(H,18,19). The van der Waals surface area contributed by atoms with E-state index in [1.54, 1.807) is 24.3 Å². The van der Waals surface area contributed by atoms with E-state index >= 15 is 0 Å². The number of carboxylic acids is 1. The number of carboxylic acid groups (broad SMARTS) is 1. The Balaban J connectivity index is 2.49. The summed E-state index contributed by atoms with van der Waals surface area (Å²) in [6, 6.07) is 10.5. The molecule has 2 aromatic rings. The molecular weight excluding hydrogens is 244 g/mol. The molecule has 96 valence electrons. The molecule has 0 bridgehead atoms. The molecule has 5 N–H and O–H groups in total. The topological polar surface area (TPSA) is 106 Å². The van der Waals surface area contributed by atoms with Crippen LogP contribution in [0.3, 0.4) is 0 Å². The Hall–Kier alpha value is -2.82. The molecule has 0 unspecified atom stereocenters. The van der Waals surface area contributed by atoms with Crippen molar-refractivity contribution < 1.29 is 14.7 Å². The second kappa shape index (κ2) is 4.81. The molecule has 0 amide bonds. The number of nitrogens with two attached hydrogens (primary N) is 2. The molecule has 0 aliphatic rings. The van der Waals surface area contributed by atoms with Crippen molar-refractivity contribution in [2.45, 2.75) is 0 Å². The first kappa shape index (κ1) is 12.6. The van der Waals surface area contributed by atoms with Crippen molar-refractivity contribution >= 4 is 23.1 Å². The number of hydrogen-bond donors (Lipinski definition) is 3. The van der Waals surface area contributed by atoms with Crippen LogP contribution in [0.1, 0.15) is 26.3 Å². The zero-order valence-electron chi connectivity index (χ0n) is 9.96.